The highest BCUT2D eigenvalue weighted by molar-refractivity contribution is 6.08. The van der Waals surface area contributed by atoms with Gasteiger partial charge in [0.15, 0.2) is 0 Å². The molecular formula is CH5BN2. The average Bonchev–Trinajstić information content (AvgIpc) is 1.37. The van der Waals surface area contributed by atoms with Crippen molar-refractivity contribution in [2.45, 2.75) is 0 Å². The van der Waals surface area contributed by atoms with Gasteiger partial charge in [-0.25, -0.2) is 10.6 Å². The first-order valence-corrected chi connectivity index (χ1v) is 1.25. The van der Waals surface area contributed by atoms with Crippen LogP contribution in [-0.2, 0) is 0 Å². The quantitative estimate of drug-likeness (QED) is 0.313. The van der Waals surface area contributed by atoms with Crippen molar-refractivity contribution in [1.82, 2.24) is 0 Å². The van der Waals surface area contributed by atoms with Crippen molar-refractivity contribution in [3.8, 4) is 0 Å². The minimum Gasteiger partial charge on any atom is -0.211 e. The fourth-order valence-corrected chi connectivity index (χ4v) is 0. The highest BCUT2D eigenvalue weighted by atomic mass is 14.9. The van der Waals surface area contributed by atoms with E-state index < -0.39 is 0 Å². The molecule has 0 bridgehead atoms. The van der Waals surface area contributed by atoms with Gasteiger partial charge in [0.25, 0.3) is 0 Å². The lowest BCUT2D eigenvalue weighted by Gasteiger charge is -1.57. The molecule has 0 atom stereocenters. The van der Waals surface area contributed by atoms with Crippen molar-refractivity contribution in [1.29, 1.82) is 5.53 Å². The molecule has 0 unspecified atom stereocenters. The Balaban J connectivity index is 2.30. The van der Waals surface area contributed by atoms with Gasteiger partial charge in [0.1, 0.15) is 7.85 Å². The fraction of sp³-hybridized carbons (Fsp3) is 1.00. The SMILES string of the molecule is BCN=N. The molecule has 0 aromatic heterocycles. The Morgan fingerprint density at radius 1 is 2.00 bits per heavy atom. The Labute approximate surface area is 26.1 Å². The number of nitrogens with one attached hydrogen (secondary N) is 1. The average molecular weight is 55.9 g/mol. The van der Waals surface area contributed by atoms with Gasteiger partial charge in [-0.05, 0) is 0 Å². The summed E-state index contributed by atoms with van der Waals surface area (Å²) in [5.41, 5.74) is 6.08. The maximum atomic E-state index is 6.08. The van der Waals surface area contributed by atoms with E-state index in [9.17, 15) is 0 Å². The van der Waals surface area contributed by atoms with E-state index in [2.05, 4.69) is 5.11 Å². The molecule has 4 heavy (non-hydrogen) atoms. The molecule has 0 aliphatic rings. The molecule has 0 fully saturated rings. The van der Waals surface area contributed by atoms with Gasteiger partial charge in [0, 0.05) is 6.44 Å². The molecular weight excluding hydrogens is 50.8 g/mol. The second-order valence-corrected chi connectivity index (χ2v) is 0.474. The van der Waals surface area contributed by atoms with Crippen LogP contribution in [0.25, 0.3) is 0 Å². The Morgan fingerprint density at radius 2 is 2.25 bits per heavy atom. The fourth-order valence-electron chi connectivity index (χ4n) is 0. The van der Waals surface area contributed by atoms with E-state index in [1.807, 2.05) is 7.85 Å². The van der Waals surface area contributed by atoms with Crippen LogP contribution in [0.5, 0.6) is 0 Å². The highest BCUT2D eigenvalue weighted by Crippen LogP contribution is 1.45. The first-order valence-electron chi connectivity index (χ1n) is 1.25. The van der Waals surface area contributed by atoms with E-state index >= 15 is 0 Å². The standard InChI is InChI=1S/CH5BN2/c2-1-4-3/h3H,1-2H2. The maximum absolute atomic E-state index is 6.08. The van der Waals surface area contributed by atoms with E-state index in [-0.39, 0.29) is 0 Å². The van der Waals surface area contributed by atoms with Gasteiger partial charge in [-0.15, -0.1) is 0 Å². The molecule has 0 aliphatic heterocycles. The third-order valence-corrected chi connectivity index (χ3v) is 0.158. The molecule has 0 saturated heterocycles. The van der Waals surface area contributed by atoms with Gasteiger partial charge >= 0.3 is 0 Å². The first-order chi connectivity index (χ1) is 1.91. The van der Waals surface area contributed by atoms with Gasteiger partial charge in [-0.2, -0.15) is 0 Å². The van der Waals surface area contributed by atoms with Crippen LogP contribution in [0.4, 0.5) is 0 Å². The smallest absolute Gasteiger partial charge is 0.131 e. The summed E-state index contributed by atoms with van der Waals surface area (Å²) >= 11 is 0. The molecule has 22 valence electrons. The third kappa shape index (κ3) is 1.66. The lowest BCUT2D eigenvalue weighted by Crippen LogP contribution is -1.64. The summed E-state index contributed by atoms with van der Waals surface area (Å²) < 4.78 is 0. The summed E-state index contributed by atoms with van der Waals surface area (Å²) in [4.78, 5) is 0. The summed E-state index contributed by atoms with van der Waals surface area (Å²) in [7, 11) is 1.83. The summed E-state index contributed by atoms with van der Waals surface area (Å²) in [6, 6.07) is 0. The van der Waals surface area contributed by atoms with Crippen molar-refractivity contribution in [3.63, 3.8) is 0 Å². The monoisotopic (exact) mass is 56.1 g/mol. The summed E-state index contributed by atoms with van der Waals surface area (Å²) in [5.74, 6) is 0. The number of hydrogen-bond donors (Lipinski definition) is 1. The number of hydrogen-bond acceptors (Lipinski definition) is 2. The topological polar surface area (TPSA) is 36.2 Å². The summed E-state index contributed by atoms with van der Waals surface area (Å²) in [5, 5.41) is 2.99. The van der Waals surface area contributed by atoms with Crippen molar-refractivity contribution in [3.05, 3.63) is 0 Å². The molecule has 0 aliphatic carbocycles. The van der Waals surface area contributed by atoms with E-state index in [4.69, 9.17) is 5.53 Å². The van der Waals surface area contributed by atoms with Crippen LogP contribution in [0.2, 0.25) is 0 Å². The van der Waals surface area contributed by atoms with Gasteiger partial charge in [0.2, 0.25) is 0 Å². The molecule has 3 heteroatoms. The highest BCUT2D eigenvalue weighted by Gasteiger charge is 1.48. The number of rotatable bonds is 1. The van der Waals surface area contributed by atoms with Crippen molar-refractivity contribution in [2.75, 3.05) is 6.44 Å². The van der Waals surface area contributed by atoms with Crippen LogP contribution in [0, 0.1) is 5.53 Å². The van der Waals surface area contributed by atoms with Crippen molar-refractivity contribution in [2.24, 2.45) is 5.11 Å². The Hall–Kier alpha value is -0.335. The van der Waals surface area contributed by atoms with Crippen LogP contribution in [0.3, 0.4) is 0 Å². The minimum absolute atomic E-state index is 0.611. The molecule has 0 amide bonds. The predicted octanol–water partition coefficient (Wildman–Crippen LogP) is -0.392. The van der Waals surface area contributed by atoms with Crippen molar-refractivity contribution >= 4 is 7.85 Å². The molecule has 0 aromatic carbocycles. The lowest BCUT2D eigenvalue weighted by molar-refractivity contribution is 1.05. The van der Waals surface area contributed by atoms with Crippen molar-refractivity contribution < 1.29 is 0 Å². The minimum atomic E-state index is 0.611. The molecule has 0 heterocycles. The Bertz CT molecular complexity index is 20.0. The zero-order valence-electron chi connectivity index (χ0n) is 2.65. The molecule has 0 aromatic rings. The molecule has 0 saturated carbocycles. The normalized spacial score (nSPS) is 6.00. The second kappa shape index (κ2) is 2.66. The van der Waals surface area contributed by atoms with Crippen LogP contribution in [-0.4, -0.2) is 14.3 Å². The van der Waals surface area contributed by atoms with E-state index in [0.717, 1.165) is 0 Å². The molecule has 0 radical (unpaired) electrons. The zero-order chi connectivity index (χ0) is 3.41. The van der Waals surface area contributed by atoms with Gasteiger partial charge in [-0.3, -0.25) is 0 Å². The third-order valence-electron chi connectivity index (χ3n) is 0.158. The zero-order valence-corrected chi connectivity index (χ0v) is 2.65. The molecule has 0 spiro atoms. The molecule has 0 rings (SSSR count). The Morgan fingerprint density at radius 3 is 2.25 bits per heavy atom. The number of nitrogens with zero attached hydrogens (tertiary/aromatic N) is 1. The van der Waals surface area contributed by atoms with Gasteiger partial charge in [-0.1, -0.05) is 0 Å². The maximum Gasteiger partial charge on any atom is 0.131 e. The van der Waals surface area contributed by atoms with Gasteiger partial charge < -0.3 is 0 Å². The molecule has 1 N–H and O–H groups in total. The molecule has 2 nitrogen and oxygen atoms in total. The lowest BCUT2D eigenvalue weighted by atomic mass is 10.2. The summed E-state index contributed by atoms with van der Waals surface area (Å²) in [6.45, 7) is 0. The Kier molecular flexibility index (Phi) is 2.44. The van der Waals surface area contributed by atoms with Crippen LogP contribution in [0.15, 0.2) is 5.11 Å². The van der Waals surface area contributed by atoms with E-state index in [1.54, 1.807) is 0 Å². The largest absolute Gasteiger partial charge is 0.211 e. The first kappa shape index (κ1) is 3.66. The van der Waals surface area contributed by atoms with Crippen LogP contribution in [0.1, 0.15) is 0 Å². The van der Waals surface area contributed by atoms with Crippen LogP contribution < -0.4 is 0 Å². The van der Waals surface area contributed by atoms with E-state index in [0.29, 0.717) is 6.44 Å². The summed E-state index contributed by atoms with van der Waals surface area (Å²) in [6.07, 6.45) is 0.611. The van der Waals surface area contributed by atoms with Crippen LogP contribution >= 0.6 is 0 Å². The van der Waals surface area contributed by atoms with E-state index in [1.165, 1.54) is 0 Å². The second-order valence-electron chi connectivity index (χ2n) is 0.474. The predicted molar refractivity (Wildman–Crippen MR) is 18.6 cm³/mol. The van der Waals surface area contributed by atoms with Gasteiger partial charge in [0.05, 0.1) is 0 Å².